The first kappa shape index (κ1) is 10.2. The molecule has 0 aromatic heterocycles. The van der Waals surface area contributed by atoms with Gasteiger partial charge in [0.1, 0.15) is 0 Å². The minimum Gasteiger partial charge on any atom is -0.481 e. The Balaban J connectivity index is 3.92. The molecule has 1 atom stereocenters. The Bertz CT molecular complexity index is 176. The van der Waals surface area contributed by atoms with Gasteiger partial charge in [-0.25, -0.2) is 4.79 Å². The van der Waals surface area contributed by atoms with Gasteiger partial charge in [-0.1, -0.05) is 0 Å². The normalized spacial score (nSPS) is 15.5. The highest BCUT2D eigenvalue weighted by molar-refractivity contribution is 8.01. The lowest BCUT2D eigenvalue weighted by atomic mass is 10.4. The third kappa shape index (κ3) is 3.84. The highest BCUT2D eigenvalue weighted by Gasteiger charge is 2.31. The van der Waals surface area contributed by atoms with E-state index in [1.807, 2.05) is 0 Å². The molecule has 0 radical (unpaired) electrons. The van der Waals surface area contributed by atoms with E-state index in [1.54, 1.807) is 0 Å². The van der Waals surface area contributed by atoms with Crippen molar-refractivity contribution in [2.45, 2.75) is 11.9 Å². The summed E-state index contributed by atoms with van der Waals surface area (Å²) in [5.74, 6) is -3.03. The Labute approximate surface area is 67.0 Å². The zero-order chi connectivity index (χ0) is 9.07. The zero-order valence-corrected chi connectivity index (χ0v) is 6.59. The van der Waals surface area contributed by atoms with Crippen LogP contribution in [0.4, 0.5) is 0 Å². The summed E-state index contributed by atoms with van der Waals surface area (Å²) in [7, 11) is 0. The van der Waals surface area contributed by atoms with Gasteiger partial charge in [0.2, 0.25) is 4.93 Å². The molecule has 0 heterocycles. The molecule has 0 aliphatic carbocycles. The lowest BCUT2D eigenvalue weighted by molar-refractivity contribution is -0.148. The lowest BCUT2D eigenvalue weighted by Crippen LogP contribution is -2.31. The van der Waals surface area contributed by atoms with Gasteiger partial charge >= 0.3 is 11.9 Å². The predicted molar refractivity (Wildman–Crippen MR) is 38.4 cm³/mol. The van der Waals surface area contributed by atoms with E-state index in [1.165, 1.54) is 0 Å². The molecule has 0 saturated carbocycles. The molecule has 0 rings (SSSR count). The van der Waals surface area contributed by atoms with Crippen molar-refractivity contribution in [2.24, 2.45) is 0 Å². The number of aliphatic hydroxyl groups is 1. The van der Waals surface area contributed by atoms with Gasteiger partial charge in [-0.3, -0.25) is 4.79 Å². The average Bonchev–Trinajstić information content (AvgIpc) is 1.84. The first-order valence-corrected chi connectivity index (χ1v) is 3.66. The van der Waals surface area contributed by atoms with Crippen molar-refractivity contribution in [2.75, 3.05) is 5.75 Å². The van der Waals surface area contributed by atoms with Crippen LogP contribution in [0.2, 0.25) is 0 Å². The molecule has 5 nitrogen and oxygen atoms in total. The fourth-order valence-corrected chi connectivity index (χ4v) is 0.792. The van der Waals surface area contributed by atoms with Crippen LogP contribution in [-0.4, -0.2) is 37.9 Å². The highest BCUT2D eigenvalue weighted by Crippen LogP contribution is 2.21. The Morgan fingerprint density at radius 1 is 1.45 bits per heavy atom. The molecular weight excluding hydrogens is 172 g/mol. The first-order valence-electron chi connectivity index (χ1n) is 2.68. The molecule has 6 heteroatoms. The zero-order valence-electron chi connectivity index (χ0n) is 5.77. The molecule has 0 spiro atoms. The third-order valence-electron chi connectivity index (χ3n) is 0.874. The van der Waals surface area contributed by atoms with Crippen LogP contribution in [0.3, 0.4) is 0 Å². The van der Waals surface area contributed by atoms with E-state index in [0.29, 0.717) is 11.8 Å². The monoisotopic (exact) mass is 180 g/mol. The molecule has 3 N–H and O–H groups in total. The maximum absolute atomic E-state index is 10.2. The first-order chi connectivity index (χ1) is 4.86. The number of rotatable bonds is 4. The van der Waals surface area contributed by atoms with Gasteiger partial charge in [-0.15, -0.1) is 11.8 Å². The van der Waals surface area contributed by atoms with Gasteiger partial charge in [-0.05, 0) is 6.92 Å². The minimum atomic E-state index is -2.02. The van der Waals surface area contributed by atoms with Gasteiger partial charge in [0.25, 0.3) is 0 Å². The molecule has 0 saturated heterocycles. The van der Waals surface area contributed by atoms with Crippen LogP contribution in [0.1, 0.15) is 6.92 Å². The summed E-state index contributed by atoms with van der Waals surface area (Å²) >= 11 is 0.451. The topological polar surface area (TPSA) is 94.8 Å². The van der Waals surface area contributed by atoms with Crippen LogP contribution in [0.25, 0.3) is 0 Å². The number of carbonyl (C=O) groups is 2. The molecule has 0 bridgehead atoms. The Morgan fingerprint density at radius 2 is 1.91 bits per heavy atom. The molecule has 0 aliphatic heterocycles. The Morgan fingerprint density at radius 3 is 2.18 bits per heavy atom. The number of hydrogen-bond acceptors (Lipinski definition) is 4. The van der Waals surface area contributed by atoms with E-state index >= 15 is 0 Å². The maximum atomic E-state index is 10.2. The summed E-state index contributed by atoms with van der Waals surface area (Å²) in [5, 5.41) is 25.4. The number of hydrogen-bond donors (Lipinski definition) is 3. The third-order valence-corrected chi connectivity index (χ3v) is 2.00. The second-order valence-electron chi connectivity index (χ2n) is 1.97. The quantitative estimate of drug-likeness (QED) is 0.509. The molecule has 0 aromatic carbocycles. The smallest absolute Gasteiger partial charge is 0.346 e. The van der Waals surface area contributed by atoms with Crippen molar-refractivity contribution in [1.29, 1.82) is 0 Å². The van der Waals surface area contributed by atoms with Crippen LogP contribution in [0.5, 0.6) is 0 Å². The van der Waals surface area contributed by atoms with Crippen LogP contribution < -0.4 is 0 Å². The molecule has 1 unspecified atom stereocenters. The molecule has 0 amide bonds. The Kier molecular flexibility index (Phi) is 3.34. The summed E-state index contributed by atoms with van der Waals surface area (Å²) in [4.78, 5) is 18.1. The standard InChI is InChI=1S/C5H8O5S/c1-5(10,4(8)9)11-2-3(6)7/h10H,2H2,1H3,(H,6,7)(H,8,9). The van der Waals surface area contributed by atoms with Crippen LogP contribution >= 0.6 is 11.8 Å². The highest BCUT2D eigenvalue weighted by atomic mass is 32.2. The fourth-order valence-electron chi connectivity index (χ4n) is 0.264. The molecule has 64 valence electrons. The molecule has 0 aliphatic rings. The van der Waals surface area contributed by atoms with Crippen molar-refractivity contribution in [3.05, 3.63) is 0 Å². The lowest BCUT2D eigenvalue weighted by Gasteiger charge is -2.14. The molecular formula is C5H8O5S. The second-order valence-corrected chi connectivity index (χ2v) is 3.34. The van der Waals surface area contributed by atoms with Crippen molar-refractivity contribution in [3.63, 3.8) is 0 Å². The SMILES string of the molecule is CC(O)(SCC(=O)O)C(=O)O. The second kappa shape index (κ2) is 3.59. The van der Waals surface area contributed by atoms with Crippen molar-refractivity contribution in [1.82, 2.24) is 0 Å². The van der Waals surface area contributed by atoms with E-state index < -0.39 is 22.6 Å². The number of aliphatic carboxylic acids is 2. The molecule has 0 fully saturated rings. The van der Waals surface area contributed by atoms with Gasteiger partial charge in [-0.2, -0.15) is 0 Å². The number of carboxylic acids is 2. The van der Waals surface area contributed by atoms with E-state index in [9.17, 15) is 9.59 Å². The fraction of sp³-hybridized carbons (Fsp3) is 0.600. The Hall–Kier alpha value is -0.750. The van der Waals surface area contributed by atoms with E-state index in [0.717, 1.165) is 6.92 Å². The van der Waals surface area contributed by atoms with Crippen LogP contribution in [-0.2, 0) is 9.59 Å². The minimum absolute atomic E-state index is 0.431. The van der Waals surface area contributed by atoms with Crippen molar-refractivity contribution in [3.8, 4) is 0 Å². The van der Waals surface area contributed by atoms with Crippen molar-refractivity contribution >= 4 is 23.7 Å². The van der Waals surface area contributed by atoms with Crippen LogP contribution in [0, 0.1) is 0 Å². The summed E-state index contributed by atoms with van der Waals surface area (Å²) in [6.45, 7) is 1.03. The van der Waals surface area contributed by atoms with Gasteiger partial charge in [0.05, 0.1) is 5.75 Å². The van der Waals surface area contributed by atoms with Gasteiger partial charge < -0.3 is 15.3 Å². The largest absolute Gasteiger partial charge is 0.481 e. The predicted octanol–water partition coefficient (Wildman–Crippen LogP) is -0.403. The maximum Gasteiger partial charge on any atom is 0.346 e. The van der Waals surface area contributed by atoms with Gasteiger partial charge in [0, 0.05) is 0 Å². The van der Waals surface area contributed by atoms with E-state index in [-0.39, 0.29) is 0 Å². The van der Waals surface area contributed by atoms with Crippen molar-refractivity contribution < 1.29 is 24.9 Å². The number of carboxylic acid groups (broad SMARTS) is 2. The summed E-state index contributed by atoms with van der Waals surface area (Å²) < 4.78 is 0. The number of thioether (sulfide) groups is 1. The average molecular weight is 180 g/mol. The summed E-state index contributed by atoms with van der Waals surface area (Å²) in [5.41, 5.74) is 0. The van der Waals surface area contributed by atoms with E-state index in [4.69, 9.17) is 15.3 Å². The van der Waals surface area contributed by atoms with E-state index in [2.05, 4.69) is 0 Å². The summed E-state index contributed by atoms with van der Waals surface area (Å²) in [6, 6.07) is 0. The molecule has 0 aromatic rings. The van der Waals surface area contributed by atoms with Gasteiger partial charge in [0.15, 0.2) is 0 Å². The summed E-state index contributed by atoms with van der Waals surface area (Å²) in [6.07, 6.45) is 0. The molecule has 11 heavy (non-hydrogen) atoms. The van der Waals surface area contributed by atoms with Crippen LogP contribution in [0.15, 0.2) is 0 Å².